The van der Waals surface area contributed by atoms with Gasteiger partial charge in [-0.3, -0.25) is 0 Å². The van der Waals surface area contributed by atoms with Gasteiger partial charge in [-0.05, 0) is 36.4 Å². The van der Waals surface area contributed by atoms with Gasteiger partial charge in [0.25, 0.3) is 0 Å². The molecule has 0 saturated heterocycles. The Morgan fingerprint density at radius 3 is 0.769 bits per heavy atom. The summed E-state index contributed by atoms with van der Waals surface area (Å²) in [4.78, 5) is 0. The van der Waals surface area contributed by atoms with Gasteiger partial charge in [-0.1, -0.05) is 96.1 Å². The van der Waals surface area contributed by atoms with Gasteiger partial charge in [-0.2, -0.15) is 0 Å². The second-order valence-electron chi connectivity index (χ2n) is 5.01. The fraction of sp³-hybridized carbons (Fsp3) is 0.280. The number of rotatable bonds is 3. The van der Waals surface area contributed by atoms with Gasteiger partial charge >= 0.3 is 0 Å². The molecule has 3 aromatic carbocycles. The maximum atomic E-state index is 2.24. The molecule has 1 heteroatoms. The Bertz CT molecular complexity index is 564. The van der Waals surface area contributed by atoms with Gasteiger partial charge in [0.1, 0.15) is 17.1 Å². The molecule has 0 amide bonds. The van der Waals surface area contributed by atoms with Crippen LogP contribution in [0.3, 0.4) is 0 Å². The summed E-state index contributed by atoms with van der Waals surface area (Å²) in [5, 5.41) is 0. The van der Waals surface area contributed by atoms with E-state index in [9.17, 15) is 0 Å². The van der Waals surface area contributed by atoms with Gasteiger partial charge in [0.15, 0.2) is 0 Å². The zero-order valence-corrected chi connectivity index (χ0v) is 17.6. The summed E-state index contributed by atoms with van der Waals surface area (Å²) in [7, 11) is 2.24. The number of benzene rings is 3. The number of nitrogens with zero attached hydrogens (tertiary/aromatic N) is 1. The standard InChI is InChI=1S/C19H18N.3C2H6/c1-20(17-11-5-2-6-12-17,18-13-7-3-8-14-18)19-15-9-4-10-16-19;3*1-2/h2-16H,1H3;3*1-2H3/q+1;;;. The van der Waals surface area contributed by atoms with E-state index in [0.29, 0.717) is 4.48 Å². The van der Waals surface area contributed by atoms with Crippen molar-refractivity contribution in [3.05, 3.63) is 91.0 Å². The molecule has 0 bridgehead atoms. The molecule has 0 aliphatic heterocycles. The third kappa shape index (κ3) is 5.86. The molecule has 0 atom stereocenters. The first-order valence-electron chi connectivity index (χ1n) is 9.85. The maximum Gasteiger partial charge on any atom is 0.142 e. The van der Waals surface area contributed by atoms with Crippen LogP contribution in [0, 0.1) is 0 Å². The molecule has 0 aliphatic rings. The molecule has 0 spiro atoms. The van der Waals surface area contributed by atoms with E-state index < -0.39 is 0 Å². The summed E-state index contributed by atoms with van der Waals surface area (Å²) in [5.74, 6) is 0. The Morgan fingerprint density at radius 1 is 0.385 bits per heavy atom. The Labute approximate surface area is 161 Å². The fourth-order valence-electron chi connectivity index (χ4n) is 2.63. The van der Waals surface area contributed by atoms with Crippen molar-refractivity contribution in [3.8, 4) is 0 Å². The topological polar surface area (TPSA) is 0 Å². The van der Waals surface area contributed by atoms with Crippen LogP contribution < -0.4 is 4.48 Å². The Morgan fingerprint density at radius 2 is 0.577 bits per heavy atom. The number of hydrogen-bond donors (Lipinski definition) is 0. The molecule has 0 aromatic heterocycles. The van der Waals surface area contributed by atoms with Crippen molar-refractivity contribution in [1.29, 1.82) is 0 Å². The molecule has 140 valence electrons. The highest BCUT2D eigenvalue weighted by molar-refractivity contribution is 5.69. The number of quaternary nitrogens is 1. The number of para-hydroxylation sites is 3. The first-order valence-corrected chi connectivity index (χ1v) is 9.85. The lowest BCUT2D eigenvalue weighted by Gasteiger charge is -2.33. The molecule has 0 unspecified atom stereocenters. The molecule has 0 radical (unpaired) electrons. The highest BCUT2D eigenvalue weighted by Gasteiger charge is 2.30. The zero-order valence-electron chi connectivity index (χ0n) is 17.6. The minimum absolute atomic E-state index is 0.669. The van der Waals surface area contributed by atoms with E-state index >= 15 is 0 Å². The molecule has 0 aliphatic carbocycles. The van der Waals surface area contributed by atoms with E-state index in [4.69, 9.17) is 0 Å². The Balaban J connectivity index is 0.000000948. The van der Waals surface area contributed by atoms with Crippen molar-refractivity contribution in [2.24, 2.45) is 0 Å². The Hall–Kier alpha value is -2.38. The van der Waals surface area contributed by atoms with Gasteiger partial charge in [-0.25, -0.2) is 4.48 Å². The van der Waals surface area contributed by atoms with Crippen molar-refractivity contribution in [1.82, 2.24) is 4.48 Å². The molecule has 0 saturated carbocycles. The molecule has 0 N–H and O–H groups in total. The van der Waals surface area contributed by atoms with E-state index in [1.165, 1.54) is 17.1 Å². The largest absolute Gasteiger partial charge is 0.229 e. The SMILES string of the molecule is CC.CC.CC.C[N+](c1ccccc1)(c1ccccc1)c1ccccc1. The molecular weight excluding hydrogens is 314 g/mol. The predicted molar refractivity (Wildman–Crippen MR) is 120 cm³/mol. The zero-order chi connectivity index (χ0) is 19.8. The van der Waals surface area contributed by atoms with E-state index in [0.717, 1.165) is 0 Å². The van der Waals surface area contributed by atoms with E-state index in [1.54, 1.807) is 0 Å². The molecular formula is C25H36N+. The molecule has 0 fully saturated rings. The minimum Gasteiger partial charge on any atom is -0.229 e. The molecule has 3 rings (SSSR count). The lowest BCUT2D eigenvalue weighted by atomic mass is 10.1. The second-order valence-corrected chi connectivity index (χ2v) is 5.01. The van der Waals surface area contributed by atoms with Crippen LogP contribution in [0.25, 0.3) is 0 Å². The van der Waals surface area contributed by atoms with Crippen LogP contribution in [-0.2, 0) is 0 Å². The highest BCUT2D eigenvalue weighted by atomic mass is 15.3. The molecule has 0 heterocycles. The van der Waals surface area contributed by atoms with E-state index in [1.807, 2.05) is 41.5 Å². The van der Waals surface area contributed by atoms with Crippen molar-refractivity contribution in [3.63, 3.8) is 0 Å². The van der Waals surface area contributed by atoms with Crippen LogP contribution >= 0.6 is 0 Å². The van der Waals surface area contributed by atoms with Gasteiger partial charge < -0.3 is 0 Å². The van der Waals surface area contributed by atoms with Crippen LogP contribution in [0.4, 0.5) is 17.1 Å². The molecule has 3 aromatic rings. The van der Waals surface area contributed by atoms with Crippen LogP contribution in [0.2, 0.25) is 0 Å². The number of hydrogen-bond acceptors (Lipinski definition) is 0. The first-order chi connectivity index (χ1) is 12.8. The van der Waals surface area contributed by atoms with Crippen LogP contribution in [0.15, 0.2) is 91.0 Å². The Kier molecular flexibility index (Phi) is 12.6. The van der Waals surface area contributed by atoms with E-state index in [-0.39, 0.29) is 0 Å². The van der Waals surface area contributed by atoms with Crippen molar-refractivity contribution in [2.75, 3.05) is 7.05 Å². The van der Waals surface area contributed by atoms with Crippen molar-refractivity contribution in [2.45, 2.75) is 41.5 Å². The van der Waals surface area contributed by atoms with Crippen LogP contribution in [-0.4, -0.2) is 7.05 Å². The normalized spacial score (nSPS) is 9.35. The van der Waals surface area contributed by atoms with Crippen molar-refractivity contribution < 1.29 is 0 Å². The van der Waals surface area contributed by atoms with E-state index in [2.05, 4.69) is 98.0 Å². The summed E-state index contributed by atoms with van der Waals surface area (Å²) in [6, 6.07) is 31.8. The van der Waals surface area contributed by atoms with Gasteiger partial charge in [0, 0.05) is 0 Å². The van der Waals surface area contributed by atoms with Gasteiger partial charge in [0.2, 0.25) is 0 Å². The first kappa shape index (κ1) is 23.6. The smallest absolute Gasteiger partial charge is 0.142 e. The van der Waals surface area contributed by atoms with Gasteiger partial charge in [0.05, 0.1) is 7.05 Å². The lowest BCUT2D eigenvalue weighted by molar-refractivity contribution is 0.627. The summed E-state index contributed by atoms with van der Waals surface area (Å²) in [5.41, 5.74) is 3.76. The third-order valence-corrected chi connectivity index (χ3v) is 3.82. The minimum atomic E-state index is 0.669. The second kappa shape index (κ2) is 13.9. The predicted octanol–water partition coefficient (Wildman–Crippen LogP) is 8.37. The lowest BCUT2D eigenvalue weighted by Crippen LogP contribution is -2.33. The monoisotopic (exact) mass is 350 g/mol. The average Bonchev–Trinajstić information content (AvgIpc) is 2.79. The van der Waals surface area contributed by atoms with Gasteiger partial charge in [-0.15, -0.1) is 0 Å². The maximum absolute atomic E-state index is 2.24. The summed E-state index contributed by atoms with van der Waals surface area (Å²) < 4.78 is 0.669. The summed E-state index contributed by atoms with van der Waals surface area (Å²) in [6.07, 6.45) is 0. The third-order valence-electron chi connectivity index (χ3n) is 3.82. The molecule has 1 nitrogen and oxygen atoms in total. The van der Waals surface area contributed by atoms with Crippen molar-refractivity contribution >= 4 is 17.1 Å². The summed E-state index contributed by atoms with van der Waals surface area (Å²) in [6.45, 7) is 12.0. The quantitative estimate of drug-likeness (QED) is 0.416. The van der Waals surface area contributed by atoms with Crippen LogP contribution in [0.1, 0.15) is 41.5 Å². The summed E-state index contributed by atoms with van der Waals surface area (Å²) >= 11 is 0. The average molecular weight is 351 g/mol. The van der Waals surface area contributed by atoms with Crippen LogP contribution in [0.5, 0.6) is 0 Å². The highest BCUT2D eigenvalue weighted by Crippen LogP contribution is 2.41. The fourth-order valence-corrected chi connectivity index (χ4v) is 2.63. The molecule has 26 heavy (non-hydrogen) atoms.